The van der Waals surface area contributed by atoms with Gasteiger partial charge in [-0.15, -0.1) is 0 Å². The summed E-state index contributed by atoms with van der Waals surface area (Å²) in [6, 6.07) is 17.1. The lowest BCUT2D eigenvalue weighted by atomic mass is 10.2. The number of pyridine rings is 1. The predicted octanol–water partition coefficient (Wildman–Crippen LogP) is 4.11. The van der Waals surface area contributed by atoms with Gasteiger partial charge in [-0.25, -0.2) is 4.98 Å². The highest BCUT2D eigenvalue weighted by molar-refractivity contribution is 7.99. The molecule has 1 amide bonds. The van der Waals surface area contributed by atoms with Crippen LogP contribution in [0.15, 0.2) is 70.4 Å². The maximum Gasteiger partial charge on any atom is 0.257 e. The summed E-state index contributed by atoms with van der Waals surface area (Å²) in [6.07, 6.45) is 1.71. The highest BCUT2D eigenvalue weighted by Gasteiger charge is 2.10. The molecule has 24 heavy (non-hydrogen) atoms. The summed E-state index contributed by atoms with van der Waals surface area (Å²) < 4.78 is 5.60. The first-order valence-corrected chi connectivity index (χ1v) is 8.40. The van der Waals surface area contributed by atoms with Crippen LogP contribution in [0.2, 0.25) is 0 Å². The van der Waals surface area contributed by atoms with E-state index < -0.39 is 0 Å². The Morgan fingerprint density at radius 2 is 1.96 bits per heavy atom. The monoisotopic (exact) mass is 335 g/mol. The van der Waals surface area contributed by atoms with Crippen LogP contribution in [0.3, 0.4) is 0 Å². The third-order valence-corrected chi connectivity index (χ3v) is 4.34. The number of amides is 1. The second-order valence-corrected chi connectivity index (χ2v) is 6.09. The van der Waals surface area contributed by atoms with Gasteiger partial charge in [-0.1, -0.05) is 42.1 Å². The van der Waals surface area contributed by atoms with E-state index in [2.05, 4.69) is 15.3 Å². The Balaban J connectivity index is 1.46. The summed E-state index contributed by atoms with van der Waals surface area (Å²) in [4.78, 5) is 20.9. The SMILES string of the molecule is O=C(CSc1nc2ccccc2o1)Nc1cccc2cccnc12. The Labute approximate surface area is 142 Å². The van der Waals surface area contributed by atoms with Crippen molar-refractivity contribution < 1.29 is 9.21 Å². The number of rotatable bonds is 4. The van der Waals surface area contributed by atoms with Crippen LogP contribution >= 0.6 is 11.8 Å². The maximum absolute atomic E-state index is 12.2. The molecule has 0 bridgehead atoms. The van der Waals surface area contributed by atoms with Crippen molar-refractivity contribution in [1.82, 2.24) is 9.97 Å². The molecule has 0 unspecified atom stereocenters. The lowest BCUT2D eigenvalue weighted by Crippen LogP contribution is -2.14. The van der Waals surface area contributed by atoms with Crippen molar-refractivity contribution in [3.8, 4) is 0 Å². The molecule has 6 heteroatoms. The van der Waals surface area contributed by atoms with Crippen LogP contribution in [0.1, 0.15) is 0 Å². The lowest BCUT2D eigenvalue weighted by Gasteiger charge is -2.07. The minimum absolute atomic E-state index is 0.125. The van der Waals surface area contributed by atoms with Gasteiger partial charge >= 0.3 is 0 Å². The van der Waals surface area contributed by atoms with E-state index in [4.69, 9.17) is 4.42 Å². The second kappa shape index (κ2) is 6.33. The number of carbonyl (C=O) groups excluding carboxylic acids is 1. The summed E-state index contributed by atoms with van der Waals surface area (Å²) >= 11 is 1.27. The molecule has 0 aliphatic heterocycles. The van der Waals surface area contributed by atoms with Gasteiger partial charge in [0.1, 0.15) is 5.52 Å². The van der Waals surface area contributed by atoms with E-state index in [1.807, 2.05) is 54.6 Å². The number of thioether (sulfide) groups is 1. The fourth-order valence-electron chi connectivity index (χ4n) is 2.43. The zero-order chi connectivity index (χ0) is 16.4. The van der Waals surface area contributed by atoms with Gasteiger partial charge in [-0.05, 0) is 24.3 Å². The van der Waals surface area contributed by atoms with Crippen LogP contribution < -0.4 is 5.32 Å². The number of carbonyl (C=O) groups is 1. The van der Waals surface area contributed by atoms with Gasteiger partial charge in [0, 0.05) is 11.6 Å². The van der Waals surface area contributed by atoms with Gasteiger partial charge in [0.15, 0.2) is 5.58 Å². The van der Waals surface area contributed by atoms with Crippen molar-refractivity contribution in [3.05, 3.63) is 60.8 Å². The molecule has 2 aromatic carbocycles. The molecule has 0 atom stereocenters. The second-order valence-electron chi connectivity index (χ2n) is 5.17. The Morgan fingerprint density at radius 1 is 1.08 bits per heavy atom. The molecule has 4 aromatic rings. The number of nitrogens with zero attached hydrogens (tertiary/aromatic N) is 2. The van der Waals surface area contributed by atoms with Gasteiger partial charge in [-0.2, -0.15) is 0 Å². The van der Waals surface area contributed by atoms with Crippen molar-refractivity contribution >= 4 is 45.4 Å². The first kappa shape index (κ1) is 14.7. The fourth-order valence-corrected chi connectivity index (χ4v) is 3.07. The van der Waals surface area contributed by atoms with E-state index in [-0.39, 0.29) is 11.7 Å². The topological polar surface area (TPSA) is 68.0 Å². The quantitative estimate of drug-likeness (QED) is 0.569. The molecule has 5 nitrogen and oxygen atoms in total. The minimum atomic E-state index is -0.125. The molecule has 0 aliphatic rings. The van der Waals surface area contributed by atoms with Gasteiger partial charge in [0.2, 0.25) is 5.91 Å². The summed E-state index contributed by atoms with van der Waals surface area (Å²) in [6.45, 7) is 0. The van der Waals surface area contributed by atoms with E-state index in [9.17, 15) is 4.79 Å². The van der Waals surface area contributed by atoms with Crippen LogP contribution in [-0.4, -0.2) is 21.6 Å². The number of benzene rings is 2. The third kappa shape index (κ3) is 2.96. The van der Waals surface area contributed by atoms with E-state index in [0.717, 1.165) is 22.0 Å². The summed E-state index contributed by atoms with van der Waals surface area (Å²) in [5.41, 5.74) is 2.99. The summed E-state index contributed by atoms with van der Waals surface area (Å²) in [5, 5.41) is 4.37. The van der Waals surface area contributed by atoms with E-state index in [0.29, 0.717) is 10.9 Å². The van der Waals surface area contributed by atoms with Crippen molar-refractivity contribution in [3.63, 3.8) is 0 Å². The van der Waals surface area contributed by atoms with Gasteiger partial charge in [-0.3, -0.25) is 9.78 Å². The number of oxazole rings is 1. The fraction of sp³-hybridized carbons (Fsp3) is 0.0556. The third-order valence-electron chi connectivity index (χ3n) is 3.51. The predicted molar refractivity (Wildman–Crippen MR) is 95.1 cm³/mol. The first-order valence-electron chi connectivity index (χ1n) is 7.41. The number of hydrogen-bond acceptors (Lipinski definition) is 5. The molecular formula is C18H13N3O2S. The molecule has 118 valence electrons. The average Bonchev–Trinajstić information content (AvgIpc) is 3.03. The van der Waals surface area contributed by atoms with Crippen molar-refractivity contribution in [2.75, 3.05) is 11.1 Å². The molecule has 0 fully saturated rings. The molecular weight excluding hydrogens is 322 g/mol. The molecule has 0 spiro atoms. The number of anilines is 1. The number of para-hydroxylation sites is 3. The molecule has 0 radical (unpaired) electrons. The first-order chi connectivity index (χ1) is 11.8. The van der Waals surface area contributed by atoms with Crippen LogP contribution in [0.25, 0.3) is 22.0 Å². The molecule has 2 aromatic heterocycles. The van der Waals surface area contributed by atoms with Gasteiger partial charge in [0.25, 0.3) is 5.22 Å². The number of hydrogen-bond donors (Lipinski definition) is 1. The van der Waals surface area contributed by atoms with E-state index in [1.54, 1.807) is 6.20 Å². The maximum atomic E-state index is 12.2. The van der Waals surface area contributed by atoms with Crippen LogP contribution in [-0.2, 0) is 4.79 Å². The average molecular weight is 335 g/mol. The zero-order valence-corrected chi connectivity index (χ0v) is 13.4. The zero-order valence-electron chi connectivity index (χ0n) is 12.6. The summed E-state index contributed by atoms with van der Waals surface area (Å²) in [7, 11) is 0. The largest absolute Gasteiger partial charge is 0.431 e. The molecule has 0 saturated carbocycles. The van der Waals surface area contributed by atoms with Gasteiger partial charge < -0.3 is 9.73 Å². The number of nitrogens with one attached hydrogen (secondary N) is 1. The lowest BCUT2D eigenvalue weighted by molar-refractivity contribution is -0.113. The Bertz CT molecular complexity index is 991. The highest BCUT2D eigenvalue weighted by atomic mass is 32.2. The number of aromatic nitrogens is 2. The van der Waals surface area contributed by atoms with Crippen molar-refractivity contribution in [1.29, 1.82) is 0 Å². The standard InChI is InChI=1S/C18H13N3O2S/c22-16(11-24-18-21-13-7-1-2-9-15(13)23-18)20-14-8-3-5-12-6-4-10-19-17(12)14/h1-10H,11H2,(H,20,22). The smallest absolute Gasteiger partial charge is 0.257 e. The molecule has 0 saturated heterocycles. The van der Waals surface area contributed by atoms with E-state index in [1.165, 1.54) is 11.8 Å². The Morgan fingerprint density at radius 3 is 2.88 bits per heavy atom. The Hall–Kier alpha value is -2.86. The van der Waals surface area contributed by atoms with Gasteiger partial charge in [0.05, 0.1) is 17.0 Å². The molecule has 0 aliphatic carbocycles. The minimum Gasteiger partial charge on any atom is -0.431 e. The normalized spacial score (nSPS) is 11.0. The van der Waals surface area contributed by atoms with Crippen molar-refractivity contribution in [2.24, 2.45) is 0 Å². The van der Waals surface area contributed by atoms with Crippen LogP contribution in [0.4, 0.5) is 5.69 Å². The summed E-state index contributed by atoms with van der Waals surface area (Å²) in [5.74, 6) is 0.0937. The molecule has 1 N–H and O–H groups in total. The Kier molecular flexibility index (Phi) is 3.88. The number of fused-ring (bicyclic) bond motifs is 2. The van der Waals surface area contributed by atoms with Crippen LogP contribution in [0.5, 0.6) is 0 Å². The molecule has 2 heterocycles. The van der Waals surface area contributed by atoms with E-state index >= 15 is 0 Å². The highest BCUT2D eigenvalue weighted by Crippen LogP contribution is 2.24. The van der Waals surface area contributed by atoms with Crippen molar-refractivity contribution in [2.45, 2.75) is 5.22 Å². The molecule has 4 rings (SSSR count). The van der Waals surface area contributed by atoms with Crippen LogP contribution in [0, 0.1) is 0 Å².